The molecule has 0 amide bonds. The van der Waals surface area contributed by atoms with Crippen LogP contribution in [0.3, 0.4) is 0 Å². The lowest BCUT2D eigenvalue weighted by molar-refractivity contribution is 0.477. The average Bonchev–Trinajstić information content (AvgIpc) is 2.37. The summed E-state index contributed by atoms with van der Waals surface area (Å²) in [4.78, 5) is 1.41. The maximum Gasteiger partial charge on any atom is 0.110 e. The first kappa shape index (κ1) is 7.26. The van der Waals surface area contributed by atoms with Crippen molar-refractivity contribution >= 4 is 15.9 Å². The van der Waals surface area contributed by atoms with Crippen LogP contribution in [0.25, 0.3) is 0 Å². The van der Waals surface area contributed by atoms with Crippen molar-refractivity contribution in [3.63, 3.8) is 0 Å². The van der Waals surface area contributed by atoms with Crippen LogP contribution in [-0.4, -0.2) is 0 Å². The number of halogens is 2. The second kappa shape index (κ2) is 3.35. The molecular formula is C7H10BrF. The van der Waals surface area contributed by atoms with Crippen molar-refractivity contribution in [1.29, 1.82) is 0 Å². The summed E-state index contributed by atoms with van der Waals surface area (Å²) in [7, 11) is 0. The van der Waals surface area contributed by atoms with Crippen molar-refractivity contribution in [2.24, 2.45) is 5.92 Å². The molecule has 0 radical (unpaired) electrons. The molecule has 1 rings (SSSR count). The lowest BCUT2D eigenvalue weighted by Crippen LogP contribution is -1.91. The monoisotopic (exact) mass is 192 g/mol. The minimum Gasteiger partial charge on any atom is -0.211 e. The summed E-state index contributed by atoms with van der Waals surface area (Å²) in [6.45, 7) is 0. The molecule has 2 heteroatoms. The van der Waals surface area contributed by atoms with Crippen LogP contribution in [0.5, 0.6) is 0 Å². The van der Waals surface area contributed by atoms with Crippen molar-refractivity contribution in [3.05, 3.63) is 10.8 Å². The standard InChI is InChI=1S/C7H10BrF/c8-5-7(9)6-3-1-2-4-6/h5-6H,1-4H2/b7-5-. The maximum atomic E-state index is 12.7. The Balaban J connectivity index is 2.42. The van der Waals surface area contributed by atoms with Gasteiger partial charge in [0, 0.05) is 10.9 Å². The predicted molar refractivity (Wildman–Crippen MR) is 40.1 cm³/mol. The van der Waals surface area contributed by atoms with Gasteiger partial charge >= 0.3 is 0 Å². The highest BCUT2D eigenvalue weighted by atomic mass is 79.9. The molecule has 9 heavy (non-hydrogen) atoms. The number of allylic oxidation sites excluding steroid dienone is 1. The average molecular weight is 193 g/mol. The zero-order chi connectivity index (χ0) is 6.69. The molecule has 1 aliphatic rings. The molecule has 0 nitrogen and oxygen atoms in total. The Morgan fingerprint density at radius 2 is 2.00 bits per heavy atom. The number of hydrogen-bond acceptors (Lipinski definition) is 0. The fraction of sp³-hybridized carbons (Fsp3) is 0.714. The molecule has 0 saturated heterocycles. The molecule has 1 fully saturated rings. The van der Waals surface area contributed by atoms with E-state index in [1.165, 1.54) is 17.8 Å². The Morgan fingerprint density at radius 1 is 1.44 bits per heavy atom. The Morgan fingerprint density at radius 3 is 2.44 bits per heavy atom. The van der Waals surface area contributed by atoms with Crippen molar-refractivity contribution in [1.82, 2.24) is 0 Å². The molecule has 0 N–H and O–H groups in total. The van der Waals surface area contributed by atoms with E-state index in [2.05, 4.69) is 15.9 Å². The molecule has 0 aromatic heterocycles. The summed E-state index contributed by atoms with van der Waals surface area (Å²) in [5, 5.41) is 0. The minimum atomic E-state index is 0.0208. The lowest BCUT2D eigenvalue weighted by atomic mass is 10.1. The Kier molecular flexibility index (Phi) is 2.70. The van der Waals surface area contributed by atoms with Crippen molar-refractivity contribution < 1.29 is 4.39 Å². The van der Waals surface area contributed by atoms with Gasteiger partial charge in [0.2, 0.25) is 0 Å². The highest BCUT2D eigenvalue weighted by Gasteiger charge is 2.18. The molecule has 1 saturated carbocycles. The largest absolute Gasteiger partial charge is 0.211 e. The first-order valence-electron chi connectivity index (χ1n) is 3.30. The second-order valence-electron chi connectivity index (χ2n) is 2.48. The summed E-state index contributed by atoms with van der Waals surface area (Å²) in [5.74, 6) is 0.247. The zero-order valence-corrected chi connectivity index (χ0v) is 6.83. The van der Waals surface area contributed by atoms with E-state index in [4.69, 9.17) is 0 Å². The molecular weight excluding hydrogens is 183 g/mol. The lowest BCUT2D eigenvalue weighted by Gasteiger charge is -2.02. The van der Waals surface area contributed by atoms with Gasteiger partial charge in [0.1, 0.15) is 5.83 Å². The van der Waals surface area contributed by atoms with E-state index in [1.54, 1.807) is 0 Å². The van der Waals surface area contributed by atoms with Crippen LogP contribution in [0.15, 0.2) is 10.8 Å². The van der Waals surface area contributed by atoms with Gasteiger partial charge in [-0.3, -0.25) is 0 Å². The molecule has 0 atom stereocenters. The molecule has 0 aromatic rings. The number of hydrogen-bond donors (Lipinski definition) is 0. The summed E-state index contributed by atoms with van der Waals surface area (Å²) in [6, 6.07) is 0. The van der Waals surface area contributed by atoms with Crippen molar-refractivity contribution in [2.45, 2.75) is 25.7 Å². The summed E-state index contributed by atoms with van der Waals surface area (Å²) in [5.41, 5.74) is 0. The van der Waals surface area contributed by atoms with Gasteiger partial charge in [-0.25, -0.2) is 4.39 Å². The maximum absolute atomic E-state index is 12.7. The topological polar surface area (TPSA) is 0 Å². The summed E-state index contributed by atoms with van der Waals surface area (Å²) >= 11 is 2.99. The van der Waals surface area contributed by atoms with E-state index in [-0.39, 0.29) is 11.7 Å². The Labute approximate surface area is 63.3 Å². The SMILES string of the molecule is F/C(=C\Br)C1CCCC1. The van der Waals surface area contributed by atoms with E-state index < -0.39 is 0 Å². The second-order valence-corrected chi connectivity index (χ2v) is 2.93. The van der Waals surface area contributed by atoms with Crippen molar-refractivity contribution in [3.8, 4) is 0 Å². The van der Waals surface area contributed by atoms with Gasteiger partial charge < -0.3 is 0 Å². The van der Waals surface area contributed by atoms with Crippen LogP contribution in [-0.2, 0) is 0 Å². The van der Waals surface area contributed by atoms with E-state index in [0.29, 0.717) is 0 Å². The normalized spacial score (nSPS) is 23.1. The van der Waals surface area contributed by atoms with Gasteiger partial charge in [-0.05, 0) is 12.8 Å². The van der Waals surface area contributed by atoms with Crippen molar-refractivity contribution in [2.75, 3.05) is 0 Å². The highest BCUT2D eigenvalue weighted by Crippen LogP contribution is 2.31. The van der Waals surface area contributed by atoms with E-state index in [9.17, 15) is 4.39 Å². The first-order valence-corrected chi connectivity index (χ1v) is 4.22. The summed E-state index contributed by atoms with van der Waals surface area (Å²) < 4.78 is 12.7. The van der Waals surface area contributed by atoms with E-state index >= 15 is 0 Å². The van der Waals surface area contributed by atoms with Gasteiger partial charge in [-0.1, -0.05) is 28.8 Å². The van der Waals surface area contributed by atoms with Crippen LogP contribution in [0.2, 0.25) is 0 Å². The van der Waals surface area contributed by atoms with E-state index in [1.807, 2.05) is 0 Å². The fourth-order valence-corrected chi connectivity index (χ4v) is 1.66. The highest BCUT2D eigenvalue weighted by molar-refractivity contribution is 9.11. The number of rotatable bonds is 1. The van der Waals surface area contributed by atoms with Crippen LogP contribution < -0.4 is 0 Å². The third-order valence-electron chi connectivity index (χ3n) is 1.85. The van der Waals surface area contributed by atoms with Crippen LogP contribution in [0.4, 0.5) is 4.39 Å². The molecule has 0 unspecified atom stereocenters. The van der Waals surface area contributed by atoms with Gasteiger partial charge in [-0.2, -0.15) is 0 Å². The van der Waals surface area contributed by atoms with Gasteiger partial charge in [-0.15, -0.1) is 0 Å². The Bertz CT molecular complexity index is 114. The quantitative estimate of drug-likeness (QED) is 0.598. The third kappa shape index (κ3) is 1.78. The molecule has 1 aliphatic carbocycles. The summed E-state index contributed by atoms with van der Waals surface area (Å²) in [6.07, 6.45) is 4.46. The van der Waals surface area contributed by atoms with Crippen LogP contribution in [0, 0.1) is 5.92 Å². The van der Waals surface area contributed by atoms with Crippen LogP contribution in [0.1, 0.15) is 25.7 Å². The molecule has 0 heterocycles. The molecule has 52 valence electrons. The fourth-order valence-electron chi connectivity index (χ4n) is 1.29. The Hall–Kier alpha value is 0.150. The van der Waals surface area contributed by atoms with Crippen LogP contribution >= 0.6 is 15.9 Å². The smallest absolute Gasteiger partial charge is 0.110 e. The minimum absolute atomic E-state index is 0.0208. The predicted octanol–water partition coefficient (Wildman–Crippen LogP) is 3.38. The van der Waals surface area contributed by atoms with Gasteiger partial charge in [0.15, 0.2) is 0 Å². The molecule has 0 aliphatic heterocycles. The molecule has 0 bridgehead atoms. The molecule has 0 spiro atoms. The van der Waals surface area contributed by atoms with E-state index in [0.717, 1.165) is 12.8 Å². The van der Waals surface area contributed by atoms with Gasteiger partial charge in [0.25, 0.3) is 0 Å². The molecule has 0 aromatic carbocycles. The first-order chi connectivity index (χ1) is 4.34. The third-order valence-corrected chi connectivity index (χ3v) is 2.29. The zero-order valence-electron chi connectivity index (χ0n) is 5.24. The van der Waals surface area contributed by atoms with Gasteiger partial charge in [0.05, 0.1) is 0 Å².